The second-order valence-corrected chi connectivity index (χ2v) is 4.45. The lowest BCUT2D eigenvalue weighted by Crippen LogP contribution is -2.28. The smallest absolute Gasteiger partial charge is 0.406 e. The second kappa shape index (κ2) is 6.77. The van der Waals surface area contributed by atoms with Crippen LogP contribution in [0.2, 0.25) is 0 Å². The van der Waals surface area contributed by atoms with Crippen molar-refractivity contribution in [1.82, 2.24) is 4.90 Å². The van der Waals surface area contributed by atoms with E-state index in [1.807, 2.05) is 11.8 Å². The lowest BCUT2D eigenvalue weighted by Gasteiger charge is -2.20. The first-order valence-electron chi connectivity index (χ1n) is 6.01. The van der Waals surface area contributed by atoms with Crippen molar-refractivity contribution in [1.29, 1.82) is 0 Å². The molecule has 0 aliphatic heterocycles. The third-order valence-corrected chi connectivity index (χ3v) is 2.58. The molecule has 1 atom stereocenters. The standard InChI is InChI=1S/C13H18F3NO2/c1-3-11(18)9-17(2)8-10-5-4-6-12(7-10)19-13(14,15)16/h4-7,11,18H,3,8-9H2,1-2H3. The molecule has 0 saturated carbocycles. The van der Waals surface area contributed by atoms with Crippen LogP contribution in [0.15, 0.2) is 24.3 Å². The molecule has 6 heteroatoms. The number of likely N-dealkylation sites (N-methyl/N-ethyl adjacent to an activating group) is 1. The summed E-state index contributed by atoms with van der Waals surface area (Å²) in [5.41, 5.74) is 0.701. The summed E-state index contributed by atoms with van der Waals surface area (Å²) in [6, 6.07) is 5.85. The third-order valence-electron chi connectivity index (χ3n) is 2.58. The Hall–Kier alpha value is -1.27. The maximum atomic E-state index is 12.1. The van der Waals surface area contributed by atoms with Gasteiger partial charge in [-0.25, -0.2) is 0 Å². The molecule has 0 aliphatic carbocycles. The van der Waals surface area contributed by atoms with Gasteiger partial charge in [-0.2, -0.15) is 0 Å². The van der Waals surface area contributed by atoms with Crippen LogP contribution in [0.5, 0.6) is 5.75 Å². The maximum Gasteiger partial charge on any atom is 0.573 e. The number of aliphatic hydroxyl groups excluding tert-OH is 1. The Morgan fingerprint density at radius 2 is 2.05 bits per heavy atom. The molecule has 0 spiro atoms. The minimum atomic E-state index is -4.68. The van der Waals surface area contributed by atoms with E-state index in [4.69, 9.17) is 0 Å². The highest BCUT2D eigenvalue weighted by molar-refractivity contribution is 5.28. The van der Waals surface area contributed by atoms with Crippen molar-refractivity contribution < 1.29 is 23.0 Å². The second-order valence-electron chi connectivity index (χ2n) is 4.45. The highest BCUT2D eigenvalue weighted by Gasteiger charge is 2.31. The van der Waals surface area contributed by atoms with Gasteiger partial charge in [0.25, 0.3) is 0 Å². The fraction of sp³-hybridized carbons (Fsp3) is 0.538. The molecule has 0 saturated heterocycles. The van der Waals surface area contributed by atoms with E-state index in [1.165, 1.54) is 18.2 Å². The molecule has 0 amide bonds. The van der Waals surface area contributed by atoms with Crippen molar-refractivity contribution in [3.63, 3.8) is 0 Å². The number of aliphatic hydroxyl groups is 1. The lowest BCUT2D eigenvalue weighted by molar-refractivity contribution is -0.274. The van der Waals surface area contributed by atoms with Gasteiger partial charge in [0.2, 0.25) is 0 Å². The zero-order valence-electron chi connectivity index (χ0n) is 10.9. The van der Waals surface area contributed by atoms with Crippen LogP contribution in [0.3, 0.4) is 0 Å². The van der Waals surface area contributed by atoms with Gasteiger partial charge < -0.3 is 9.84 Å². The summed E-state index contributed by atoms with van der Waals surface area (Å²) in [6.07, 6.45) is -4.47. The molecular formula is C13H18F3NO2. The number of hydrogen-bond acceptors (Lipinski definition) is 3. The van der Waals surface area contributed by atoms with Crippen molar-refractivity contribution in [2.75, 3.05) is 13.6 Å². The molecule has 19 heavy (non-hydrogen) atoms. The summed E-state index contributed by atoms with van der Waals surface area (Å²) < 4.78 is 40.1. The van der Waals surface area contributed by atoms with E-state index < -0.39 is 12.5 Å². The van der Waals surface area contributed by atoms with Gasteiger partial charge in [0.1, 0.15) is 5.75 Å². The van der Waals surface area contributed by atoms with E-state index in [0.717, 1.165) is 0 Å². The van der Waals surface area contributed by atoms with Crippen LogP contribution in [0.25, 0.3) is 0 Å². The summed E-state index contributed by atoms with van der Waals surface area (Å²) in [4.78, 5) is 1.85. The maximum absolute atomic E-state index is 12.1. The Kier molecular flexibility index (Phi) is 5.62. The molecular weight excluding hydrogens is 259 g/mol. The van der Waals surface area contributed by atoms with E-state index in [9.17, 15) is 18.3 Å². The predicted molar refractivity (Wildman–Crippen MR) is 65.8 cm³/mol. The summed E-state index contributed by atoms with van der Waals surface area (Å²) in [5.74, 6) is -0.227. The number of hydrogen-bond donors (Lipinski definition) is 1. The van der Waals surface area contributed by atoms with E-state index >= 15 is 0 Å². The molecule has 0 aliphatic rings. The quantitative estimate of drug-likeness (QED) is 0.868. The number of rotatable bonds is 6. The Bertz CT molecular complexity index is 396. The van der Waals surface area contributed by atoms with Crippen molar-refractivity contribution in [2.45, 2.75) is 32.4 Å². The highest BCUT2D eigenvalue weighted by atomic mass is 19.4. The predicted octanol–water partition coefficient (Wildman–Crippen LogP) is 2.79. The first-order chi connectivity index (χ1) is 8.80. The molecule has 0 radical (unpaired) electrons. The molecule has 0 fully saturated rings. The fourth-order valence-corrected chi connectivity index (χ4v) is 1.71. The molecule has 0 heterocycles. The van der Waals surface area contributed by atoms with Crippen LogP contribution < -0.4 is 4.74 Å². The van der Waals surface area contributed by atoms with Crippen molar-refractivity contribution in [2.24, 2.45) is 0 Å². The minimum Gasteiger partial charge on any atom is -0.406 e. The average molecular weight is 277 g/mol. The number of alkyl halides is 3. The van der Waals surface area contributed by atoms with Crippen molar-refractivity contribution in [3.05, 3.63) is 29.8 Å². The van der Waals surface area contributed by atoms with Gasteiger partial charge >= 0.3 is 6.36 Å². The Labute approximate surface area is 110 Å². The van der Waals surface area contributed by atoms with E-state index in [-0.39, 0.29) is 5.75 Å². The molecule has 1 rings (SSSR count). The van der Waals surface area contributed by atoms with Gasteiger partial charge in [0, 0.05) is 13.1 Å². The first-order valence-corrected chi connectivity index (χ1v) is 6.01. The van der Waals surface area contributed by atoms with Crippen LogP contribution in [0, 0.1) is 0 Å². The van der Waals surface area contributed by atoms with Crippen LogP contribution in [-0.4, -0.2) is 36.1 Å². The van der Waals surface area contributed by atoms with Crippen LogP contribution in [-0.2, 0) is 6.54 Å². The van der Waals surface area contributed by atoms with Gasteiger partial charge in [0.15, 0.2) is 0 Å². The zero-order chi connectivity index (χ0) is 14.5. The largest absolute Gasteiger partial charge is 0.573 e. The first kappa shape index (κ1) is 15.8. The van der Waals surface area contributed by atoms with E-state index in [1.54, 1.807) is 13.1 Å². The number of nitrogens with zero attached hydrogens (tertiary/aromatic N) is 1. The van der Waals surface area contributed by atoms with Crippen molar-refractivity contribution >= 4 is 0 Å². The topological polar surface area (TPSA) is 32.7 Å². The van der Waals surface area contributed by atoms with Crippen LogP contribution >= 0.6 is 0 Å². The Morgan fingerprint density at radius 1 is 1.37 bits per heavy atom. The van der Waals surface area contributed by atoms with Gasteiger partial charge in [-0.3, -0.25) is 4.90 Å². The fourth-order valence-electron chi connectivity index (χ4n) is 1.71. The average Bonchev–Trinajstić information content (AvgIpc) is 2.26. The van der Waals surface area contributed by atoms with Gasteiger partial charge in [0.05, 0.1) is 6.10 Å². The number of benzene rings is 1. The Morgan fingerprint density at radius 3 is 2.63 bits per heavy atom. The van der Waals surface area contributed by atoms with Crippen molar-refractivity contribution in [3.8, 4) is 5.75 Å². The normalized spacial score (nSPS) is 13.6. The zero-order valence-corrected chi connectivity index (χ0v) is 10.9. The van der Waals surface area contributed by atoms with Crippen LogP contribution in [0.4, 0.5) is 13.2 Å². The van der Waals surface area contributed by atoms with Gasteiger partial charge in [-0.1, -0.05) is 19.1 Å². The summed E-state index contributed by atoms with van der Waals surface area (Å²) in [7, 11) is 1.80. The summed E-state index contributed by atoms with van der Waals surface area (Å²) in [5, 5.41) is 9.50. The highest BCUT2D eigenvalue weighted by Crippen LogP contribution is 2.23. The lowest BCUT2D eigenvalue weighted by atomic mass is 10.2. The Balaban J connectivity index is 2.61. The third kappa shape index (κ3) is 6.45. The molecule has 0 aromatic heterocycles. The molecule has 1 aromatic carbocycles. The molecule has 0 bridgehead atoms. The monoisotopic (exact) mass is 277 g/mol. The molecule has 108 valence electrons. The summed E-state index contributed by atoms with van der Waals surface area (Å²) >= 11 is 0. The van der Waals surface area contributed by atoms with Gasteiger partial charge in [-0.15, -0.1) is 13.2 Å². The van der Waals surface area contributed by atoms with E-state index in [0.29, 0.717) is 25.1 Å². The molecule has 3 nitrogen and oxygen atoms in total. The number of halogens is 3. The molecule has 1 unspecified atom stereocenters. The van der Waals surface area contributed by atoms with Gasteiger partial charge in [-0.05, 0) is 31.2 Å². The summed E-state index contributed by atoms with van der Waals surface area (Å²) in [6.45, 7) is 2.79. The molecule has 1 N–H and O–H groups in total. The number of ether oxygens (including phenoxy) is 1. The molecule has 1 aromatic rings. The van der Waals surface area contributed by atoms with Crippen LogP contribution in [0.1, 0.15) is 18.9 Å². The SMILES string of the molecule is CCC(O)CN(C)Cc1cccc(OC(F)(F)F)c1. The minimum absolute atomic E-state index is 0.227. The van der Waals surface area contributed by atoms with E-state index in [2.05, 4.69) is 4.74 Å².